The molecule has 1 amide bonds. The summed E-state index contributed by atoms with van der Waals surface area (Å²) in [7, 11) is 0. The Labute approximate surface area is 169 Å². The number of aliphatic hydroxyl groups is 1. The van der Waals surface area contributed by atoms with E-state index in [0.29, 0.717) is 23.6 Å². The van der Waals surface area contributed by atoms with Gasteiger partial charge in [-0.25, -0.2) is 0 Å². The highest BCUT2D eigenvalue weighted by atomic mass is 16.3. The first kappa shape index (κ1) is 19.2. The fourth-order valence-electron chi connectivity index (χ4n) is 3.89. The Balaban J connectivity index is 1.54. The zero-order chi connectivity index (χ0) is 20.4. The minimum Gasteiger partial charge on any atom is -0.458 e. The number of Topliss-reactive ketones (excluding diaryl/α,β-unsaturated/α-hetero) is 1. The highest BCUT2D eigenvalue weighted by Gasteiger charge is 2.50. The maximum Gasteiger partial charge on any atom is 0.264 e. The summed E-state index contributed by atoms with van der Waals surface area (Å²) in [5.74, 6) is -0.0805. The average molecular weight is 389 g/mol. The van der Waals surface area contributed by atoms with E-state index in [2.05, 4.69) is 12.1 Å². The number of anilines is 1. The van der Waals surface area contributed by atoms with Gasteiger partial charge >= 0.3 is 0 Å². The van der Waals surface area contributed by atoms with Crippen molar-refractivity contribution >= 4 is 17.4 Å². The molecule has 0 radical (unpaired) electrons. The van der Waals surface area contributed by atoms with Crippen LogP contribution in [0, 0.1) is 6.92 Å². The predicted octanol–water partition coefficient (Wildman–Crippen LogP) is 4.03. The molecule has 1 aliphatic heterocycles. The molecular formula is C24H23NO4. The number of fused-ring (bicyclic) bond motifs is 1. The fourth-order valence-corrected chi connectivity index (χ4v) is 3.89. The van der Waals surface area contributed by atoms with Crippen LogP contribution in [0.3, 0.4) is 0 Å². The van der Waals surface area contributed by atoms with E-state index in [1.165, 1.54) is 5.56 Å². The summed E-state index contributed by atoms with van der Waals surface area (Å²) in [5, 5.41) is 11.3. The van der Waals surface area contributed by atoms with Crippen molar-refractivity contribution < 1.29 is 19.1 Å². The summed E-state index contributed by atoms with van der Waals surface area (Å²) >= 11 is 0. The molecular weight excluding hydrogens is 366 g/mol. The third kappa shape index (κ3) is 3.61. The van der Waals surface area contributed by atoms with Crippen LogP contribution in [0.1, 0.15) is 40.3 Å². The number of ketones is 1. The molecule has 0 aliphatic carbocycles. The van der Waals surface area contributed by atoms with Gasteiger partial charge in [0.15, 0.2) is 11.4 Å². The molecule has 148 valence electrons. The van der Waals surface area contributed by atoms with Crippen molar-refractivity contribution in [3.05, 3.63) is 89.4 Å². The number of hydrogen-bond acceptors (Lipinski definition) is 4. The van der Waals surface area contributed by atoms with Gasteiger partial charge in [-0.1, -0.05) is 48.5 Å². The van der Waals surface area contributed by atoms with Gasteiger partial charge in [-0.15, -0.1) is 0 Å². The summed E-state index contributed by atoms with van der Waals surface area (Å²) in [5.41, 5.74) is 0.463. The van der Waals surface area contributed by atoms with Gasteiger partial charge in [0.1, 0.15) is 5.76 Å². The minimum absolute atomic E-state index is 0.156. The van der Waals surface area contributed by atoms with Crippen molar-refractivity contribution in [1.29, 1.82) is 0 Å². The standard InChI is InChI=1S/C24H23NO4/c1-17-13-14-22(29-17)21(26)16-24(28)19-11-5-6-12-20(19)25(23(24)27)15-7-10-18-8-3-2-4-9-18/h2-6,8-9,11-14,28H,7,10,15-16H2,1H3/t24-/m0/s1. The molecule has 1 N–H and O–H groups in total. The van der Waals surface area contributed by atoms with Crippen LogP contribution in [0.5, 0.6) is 0 Å². The largest absolute Gasteiger partial charge is 0.458 e. The van der Waals surface area contributed by atoms with Crippen molar-refractivity contribution in [3.63, 3.8) is 0 Å². The quantitative estimate of drug-likeness (QED) is 0.620. The fraction of sp³-hybridized carbons (Fsp3) is 0.250. The van der Waals surface area contributed by atoms with E-state index in [4.69, 9.17) is 4.42 Å². The minimum atomic E-state index is -1.87. The van der Waals surface area contributed by atoms with Gasteiger partial charge in [0.05, 0.1) is 12.1 Å². The van der Waals surface area contributed by atoms with Gasteiger partial charge in [0.2, 0.25) is 5.78 Å². The first-order chi connectivity index (χ1) is 14.0. The van der Waals surface area contributed by atoms with Crippen molar-refractivity contribution in [2.45, 2.75) is 31.8 Å². The van der Waals surface area contributed by atoms with Gasteiger partial charge in [-0.3, -0.25) is 9.59 Å². The van der Waals surface area contributed by atoms with Crippen LogP contribution < -0.4 is 4.90 Å². The predicted molar refractivity (Wildman–Crippen MR) is 110 cm³/mol. The molecule has 3 aromatic rings. The van der Waals surface area contributed by atoms with Crippen molar-refractivity contribution in [1.82, 2.24) is 0 Å². The van der Waals surface area contributed by atoms with E-state index >= 15 is 0 Å². The molecule has 0 fully saturated rings. The second-order valence-corrected chi connectivity index (χ2v) is 7.43. The highest BCUT2D eigenvalue weighted by Crippen LogP contribution is 2.43. The Bertz CT molecular complexity index is 1040. The lowest BCUT2D eigenvalue weighted by Crippen LogP contribution is -2.42. The summed E-state index contributed by atoms with van der Waals surface area (Å²) in [4.78, 5) is 27.4. The molecule has 0 saturated carbocycles. The lowest BCUT2D eigenvalue weighted by atomic mass is 9.89. The Hall–Kier alpha value is -3.18. The zero-order valence-corrected chi connectivity index (χ0v) is 16.3. The lowest BCUT2D eigenvalue weighted by molar-refractivity contribution is -0.135. The molecule has 1 aromatic heterocycles. The number of carbonyl (C=O) groups is 2. The Morgan fingerprint density at radius 1 is 1.03 bits per heavy atom. The van der Waals surface area contributed by atoms with E-state index in [1.54, 1.807) is 36.1 Å². The number of benzene rings is 2. The van der Waals surface area contributed by atoms with E-state index in [-0.39, 0.29) is 12.2 Å². The number of nitrogens with zero attached hydrogens (tertiary/aromatic N) is 1. The van der Waals surface area contributed by atoms with Gasteiger partial charge in [0, 0.05) is 12.1 Å². The number of rotatable bonds is 7. The monoisotopic (exact) mass is 389 g/mol. The maximum absolute atomic E-state index is 13.2. The van der Waals surface area contributed by atoms with Gasteiger partial charge < -0.3 is 14.4 Å². The topological polar surface area (TPSA) is 70.8 Å². The molecule has 2 aromatic carbocycles. The molecule has 0 spiro atoms. The third-order valence-electron chi connectivity index (χ3n) is 5.36. The summed E-state index contributed by atoms with van der Waals surface area (Å²) in [6, 6.07) is 20.5. The van der Waals surface area contributed by atoms with Gasteiger partial charge in [-0.05, 0) is 43.5 Å². The number of aryl methyl sites for hydroxylation is 2. The van der Waals surface area contributed by atoms with Crippen molar-refractivity contribution in [2.24, 2.45) is 0 Å². The molecule has 1 atom stereocenters. The molecule has 5 nitrogen and oxygen atoms in total. The van der Waals surface area contributed by atoms with Crippen molar-refractivity contribution in [2.75, 3.05) is 11.4 Å². The molecule has 2 heterocycles. The Morgan fingerprint density at radius 3 is 2.48 bits per heavy atom. The summed E-state index contributed by atoms with van der Waals surface area (Å²) < 4.78 is 5.38. The smallest absolute Gasteiger partial charge is 0.264 e. The van der Waals surface area contributed by atoms with Gasteiger partial charge in [0.25, 0.3) is 5.91 Å². The van der Waals surface area contributed by atoms with Crippen LogP contribution in [0.2, 0.25) is 0 Å². The van der Waals surface area contributed by atoms with Gasteiger partial charge in [-0.2, -0.15) is 0 Å². The van der Waals surface area contributed by atoms with E-state index in [1.807, 2.05) is 30.3 Å². The first-order valence-corrected chi connectivity index (χ1v) is 9.76. The molecule has 29 heavy (non-hydrogen) atoms. The van der Waals surface area contributed by atoms with Crippen LogP contribution in [0.25, 0.3) is 0 Å². The number of hydrogen-bond donors (Lipinski definition) is 1. The third-order valence-corrected chi connectivity index (χ3v) is 5.36. The number of furan rings is 1. The van der Waals surface area contributed by atoms with Crippen molar-refractivity contribution in [3.8, 4) is 0 Å². The average Bonchev–Trinajstić information content (AvgIpc) is 3.25. The van der Waals surface area contributed by atoms with Crippen LogP contribution in [0.15, 0.2) is 71.1 Å². The summed E-state index contributed by atoms with van der Waals surface area (Å²) in [6.07, 6.45) is 1.24. The normalized spacial score (nSPS) is 18.1. The van der Waals surface area contributed by atoms with Crippen LogP contribution in [0.4, 0.5) is 5.69 Å². The second-order valence-electron chi connectivity index (χ2n) is 7.43. The Morgan fingerprint density at radius 2 is 1.76 bits per heavy atom. The second kappa shape index (κ2) is 7.68. The first-order valence-electron chi connectivity index (χ1n) is 9.76. The maximum atomic E-state index is 13.2. The SMILES string of the molecule is Cc1ccc(C(=O)C[C@@]2(O)C(=O)N(CCCc3ccccc3)c3ccccc32)o1. The molecule has 0 unspecified atom stereocenters. The van der Waals surface area contributed by atoms with Crippen LogP contribution in [-0.2, 0) is 16.8 Å². The van der Waals surface area contributed by atoms with E-state index < -0.39 is 17.3 Å². The van der Waals surface area contributed by atoms with Crippen LogP contribution >= 0.6 is 0 Å². The van der Waals surface area contributed by atoms with E-state index in [9.17, 15) is 14.7 Å². The lowest BCUT2D eigenvalue weighted by Gasteiger charge is -2.22. The van der Waals surface area contributed by atoms with E-state index in [0.717, 1.165) is 12.8 Å². The molecule has 5 heteroatoms. The molecule has 1 aliphatic rings. The molecule has 0 saturated heterocycles. The Kier molecular flexibility index (Phi) is 5.07. The number of para-hydroxylation sites is 1. The molecule has 0 bridgehead atoms. The molecule has 4 rings (SSSR count). The zero-order valence-electron chi connectivity index (χ0n) is 16.3. The van der Waals surface area contributed by atoms with Crippen LogP contribution in [-0.4, -0.2) is 23.3 Å². The highest BCUT2D eigenvalue weighted by molar-refractivity contribution is 6.10. The summed E-state index contributed by atoms with van der Waals surface area (Å²) in [6.45, 7) is 2.22. The number of carbonyl (C=O) groups excluding carboxylic acids is 2. The number of amides is 1.